The average Bonchev–Trinajstić information content (AvgIpc) is 3.64. The van der Waals surface area contributed by atoms with Gasteiger partial charge in [-0.1, -0.05) is 5.11 Å². The first-order valence-corrected chi connectivity index (χ1v) is 12.2. The van der Waals surface area contributed by atoms with E-state index in [1.54, 1.807) is 6.92 Å². The predicted octanol–water partition coefficient (Wildman–Crippen LogP) is 5.96. The van der Waals surface area contributed by atoms with Crippen molar-refractivity contribution in [3.8, 4) is 17.0 Å². The monoisotopic (exact) mass is 513 g/mol. The Morgan fingerprint density at radius 1 is 1.30 bits per heavy atom. The van der Waals surface area contributed by atoms with Gasteiger partial charge < -0.3 is 15.0 Å². The van der Waals surface area contributed by atoms with Gasteiger partial charge in [0.05, 0.1) is 23.7 Å². The summed E-state index contributed by atoms with van der Waals surface area (Å²) in [5.74, 6) is 0.374. The number of nitrogens with zero attached hydrogens (tertiary/aromatic N) is 5. The molecule has 5 rings (SSSR count). The Balaban J connectivity index is 1.47. The molecule has 37 heavy (non-hydrogen) atoms. The van der Waals surface area contributed by atoms with Crippen LogP contribution in [0.1, 0.15) is 60.1 Å². The zero-order valence-electron chi connectivity index (χ0n) is 20.1. The molecular weight excluding hydrogens is 487 g/mol. The SMILES string of the molecule is Cc1[nH]c2c(-c3cc(C(F)F)ccc3OCC3CC3)ncnc2c1C(=O)N[C@H]1CC[C@H](N=[N+]=[N-])C[C@H]1F. The molecule has 12 heteroatoms. The van der Waals surface area contributed by atoms with Gasteiger partial charge in [0.2, 0.25) is 0 Å². The third-order valence-corrected chi connectivity index (χ3v) is 6.96. The molecule has 0 bridgehead atoms. The number of amides is 1. The quantitative estimate of drug-likeness (QED) is 0.219. The van der Waals surface area contributed by atoms with Crippen LogP contribution in [0.5, 0.6) is 5.75 Å². The molecule has 0 radical (unpaired) electrons. The number of ether oxygens (including phenoxy) is 1. The van der Waals surface area contributed by atoms with E-state index >= 15 is 0 Å². The Bertz CT molecular complexity index is 1370. The van der Waals surface area contributed by atoms with Crippen LogP contribution in [0, 0.1) is 12.8 Å². The standard InChI is InChI=1S/C25H26F3N7O2/c1-12-20(25(36)33-18-6-5-15(34-35-29)9-17(18)26)22-23(32-12)21(30-11-31-22)16-8-14(24(27)28)4-7-19(16)37-10-13-2-3-13/h4,7-8,11,13,15,17-18,24,32H,2-3,5-6,9-10H2,1H3,(H,33,36)/t15-,17+,18-/m0/s1. The highest BCUT2D eigenvalue weighted by atomic mass is 19.3. The topological polar surface area (TPSA) is 129 Å². The third-order valence-electron chi connectivity index (χ3n) is 6.96. The molecule has 2 aromatic heterocycles. The Morgan fingerprint density at radius 2 is 2.11 bits per heavy atom. The first kappa shape index (κ1) is 24.9. The molecule has 2 aliphatic rings. The molecule has 9 nitrogen and oxygen atoms in total. The predicted molar refractivity (Wildman–Crippen MR) is 130 cm³/mol. The fourth-order valence-corrected chi connectivity index (χ4v) is 4.77. The van der Waals surface area contributed by atoms with Crippen molar-refractivity contribution in [3.05, 3.63) is 51.8 Å². The summed E-state index contributed by atoms with van der Waals surface area (Å²) < 4.78 is 47.7. The van der Waals surface area contributed by atoms with E-state index in [4.69, 9.17) is 10.3 Å². The summed E-state index contributed by atoms with van der Waals surface area (Å²) in [5.41, 5.74) is 10.5. The van der Waals surface area contributed by atoms with Crippen LogP contribution in [0.2, 0.25) is 0 Å². The van der Waals surface area contributed by atoms with Crippen LogP contribution in [0.25, 0.3) is 32.7 Å². The molecule has 0 unspecified atom stereocenters. The van der Waals surface area contributed by atoms with Gasteiger partial charge in [0.25, 0.3) is 12.3 Å². The number of nitrogens with one attached hydrogen (secondary N) is 2. The highest BCUT2D eigenvalue weighted by molar-refractivity contribution is 6.09. The minimum absolute atomic E-state index is 0.0400. The molecule has 0 saturated heterocycles. The van der Waals surface area contributed by atoms with Gasteiger partial charge in [0, 0.05) is 27.8 Å². The van der Waals surface area contributed by atoms with Crippen molar-refractivity contribution in [2.75, 3.05) is 6.61 Å². The molecule has 2 saturated carbocycles. The molecule has 0 spiro atoms. The van der Waals surface area contributed by atoms with Gasteiger partial charge in [0.15, 0.2) is 0 Å². The van der Waals surface area contributed by atoms with Crippen molar-refractivity contribution in [2.24, 2.45) is 11.0 Å². The molecule has 1 aromatic carbocycles. The highest BCUT2D eigenvalue weighted by Crippen LogP contribution is 2.38. The molecular formula is C25H26F3N7O2. The maximum Gasteiger partial charge on any atom is 0.263 e. The summed E-state index contributed by atoms with van der Waals surface area (Å²) in [6.45, 7) is 2.17. The molecule has 0 aliphatic heterocycles. The van der Waals surface area contributed by atoms with E-state index < -0.39 is 30.6 Å². The largest absolute Gasteiger partial charge is 0.493 e. The summed E-state index contributed by atoms with van der Waals surface area (Å²) in [5, 5.41) is 6.34. The molecule has 1 amide bonds. The minimum Gasteiger partial charge on any atom is -0.493 e. The number of aryl methyl sites for hydroxylation is 1. The number of benzene rings is 1. The lowest BCUT2D eigenvalue weighted by molar-refractivity contribution is 0.0877. The van der Waals surface area contributed by atoms with Crippen LogP contribution in [-0.4, -0.2) is 45.7 Å². The fraction of sp³-hybridized carbons (Fsp3) is 0.480. The van der Waals surface area contributed by atoms with Gasteiger partial charge in [-0.2, -0.15) is 0 Å². The van der Waals surface area contributed by atoms with Gasteiger partial charge in [-0.05, 0) is 68.7 Å². The Labute approximate surface area is 210 Å². The Kier molecular flexibility index (Phi) is 6.92. The Morgan fingerprint density at radius 3 is 2.81 bits per heavy atom. The number of hydrogen-bond acceptors (Lipinski definition) is 5. The van der Waals surface area contributed by atoms with Crippen molar-refractivity contribution >= 4 is 16.9 Å². The summed E-state index contributed by atoms with van der Waals surface area (Å²) >= 11 is 0. The van der Waals surface area contributed by atoms with Crippen LogP contribution >= 0.6 is 0 Å². The number of halogens is 3. The average molecular weight is 514 g/mol. The van der Waals surface area contributed by atoms with E-state index in [1.807, 2.05) is 0 Å². The zero-order chi connectivity index (χ0) is 26.1. The van der Waals surface area contributed by atoms with E-state index in [9.17, 15) is 18.0 Å². The van der Waals surface area contributed by atoms with E-state index in [2.05, 4.69) is 30.3 Å². The van der Waals surface area contributed by atoms with Crippen LogP contribution in [0.4, 0.5) is 13.2 Å². The normalized spacial score (nSPS) is 21.6. The number of aromatic amines is 1. The second kappa shape index (κ2) is 10.3. The zero-order valence-corrected chi connectivity index (χ0v) is 20.1. The number of carbonyl (C=O) groups is 1. The van der Waals surface area contributed by atoms with Crippen LogP contribution in [0.3, 0.4) is 0 Å². The lowest BCUT2D eigenvalue weighted by Gasteiger charge is -2.30. The first-order valence-electron chi connectivity index (χ1n) is 12.2. The van der Waals surface area contributed by atoms with Crippen molar-refractivity contribution in [1.29, 1.82) is 0 Å². The number of rotatable bonds is 8. The number of alkyl halides is 3. The molecule has 2 N–H and O–H groups in total. The van der Waals surface area contributed by atoms with Crippen molar-refractivity contribution in [1.82, 2.24) is 20.3 Å². The molecule has 2 fully saturated rings. The summed E-state index contributed by atoms with van der Waals surface area (Å²) in [4.78, 5) is 27.7. The summed E-state index contributed by atoms with van der Waals surface area (Å²) in [6, 6.07) is 3.04. The number of hydrogen-bond donors (Lipinski definition) is 2. The van der Waals surface area contributed by atoms with Gasteiger partial charge >= 0.3 is 0 Å². The lowest BCUT2D eigenvalue weighted by Crippen LogP contribution is -2.45. The fourth-order valence-electron chi connectivity index (χ4n) is 4.77. The number of azide groups is 1. The van der Waals surface area contributed by atoms with Gasteiger partial charge in [-0.15, -0.1) is 0 Å². The van der Waals surface area contributed by atoms with Crippen molar-refractivity contribution in [2.45, 2.75) is 63.7 Å². The number of carbonyl (C=O) groups excluding carboxylic acids is 1. The number of H-pyrrole nitrogens is 1. The second-order valence-corrected chi connectivity index (χ2v) is 9.65. The smallest absolute Gasteiger partial charge is 0.263 e. The summed E-state index contributed by atoms with van der Waals surface area (Å²) in [6.07, 6.45) is 0.226. The van der Waals surface area contributed by atoms with E-state index in [-0.39, 0.29) is 17.5 Å². The van der Waals surface area contributed by atoms with Crippen molar-refractivity contribution < 1.29 is 22.7 Å². The van der Waals surface area contributed by atoms with Crippen LogP contribution in [-0.2, 0) is 0 Å². The minimum atomic E-state index is -2.68. The molecule has 3 atom stereocenters. The number of aromatic nitrogens is 3. The highest BCUT2D eigenvalue weighted by Gasteiger charge is 2.33. The van der Waals surface area contributed by atoms with Gasteiger partial charge in [-0.3, -0.25) is 4.79 Å². The maximum absolute atomic E-state index is 14.7. The van der Waals surface area contributed by atoms with E-state index in [1.165, 1.54) is 24.5 Å². The Hall–Kier alpha value is -3.79. The van der Waals surface area contributed by atoms with E-state index in [0.717, 1.165) is 12.8 Å². The first-order chi connectivity index (χ1) is 17.9. The van der Waals surface area contributed by atoms with Gasteiger partial charge in [-0.25, -0.2) is 23.1 Å². The van der Waals surface area contributed by atoms with E-state index in [0.29, 0.717) is 59.1 Å². The molecule has 194 valence electrons. The molecule has 2 heterocycles. The van der Waals surface area contributed by atoms with Crippen molar-refractivity contribution in [3.63, 3.8) is 0 Å². The third kappa shape index (κ3) is 5.20. The lowest BCUT2D eigenvalue weighted by atomic mass is 9.90. The maximum atomic E-state index is 14.7. The van der Waals surface area contributed by atoms with Crippen LogP contribution in [0.15, 0.2) is 29.6 Å². The second-order valence-electron chi connectivity index (χ2n) is 9.65. The molecule has 2 aliphatic carbocycles. The summed E-state index contributed by atoms with van der Waals surface area (Å²) in [7, 11) is 0. The molecule has 3 aromatic rings. The number of fused-ring (bicyclic) bond motifs is 1. The van der Waals surface area contributed by atoms with Gasteiger partial charge in [0.1, 0.15) is 29.5 Å². The van der Waals surface area contributed by atoms with Crippen LogP contribution < -0.4 is 10.1 Å².